The van der Waals surface area contributed by atoms with E-state index in [0.29, 0.717) is 18.8 Å². The summed E-state index contributed by atoms with van der Waals surface area (Å²) < 4.78 is 11.9. The molecule has 6 nitrogen and oxygen atoms in total. The van der Waals surface area contributed by atoms with E-state index in [4.69, 9.17) is 9.47 Å². The smallest absolute Gasteiger partial charge is 0.261 e. The van der Waals surface area contributed by atoms with Crippen LogP contribution in [0.5, 0.6) is 11.5 Å². The third-order valence-corrected chi connectivity index (χ3v) is 5.61. The molecule has 162 valence electrons. The average molecular weight is 477 g/mol. The van der Waals surface area contributed by atoms with Crippen molar-refractivity contribution in [2.24, 2.45) is 0 Å². The summed E-state index contributed by atoms with van der Waals surface area (Å²) in [5.41, 5.74) is 1.92. The Hall–Kier alpha value is -2.54. The Labute approximate surface area is 186 Å². The van der Waals surface area contributed by atoms with Gasteiger partial charge in [-0.1, -0.05) is 35.0 Å². The highest BCUT2D eigenvalue weighted by Crippen LogP contribution is 2.22. The number of aryl methyl sites for hydroxylation is 1. The summed E-state index contributed by atoms with van der Waals surface area (Å²) in [4.78, 5) is 27.1. The molecule has 0 fully saturated rings. The lowest BCUT2D eigenvalue weighted by Crippen LogP contribution is -2.49. The monoisotopic (exact) mass is 476 g/mol. The van der Waals surface area contributed by atoms with E-state index < -0.39 is 6.04 Å². The molecule has 0 aromatic heterocycles. The maximum atomic E-state index is 13.0. The first kappa shape index (κ1) is 23.7. The Morgan fingerprint density at radius 2 is 1.80 bits per heavy atom. The minimum atomic E-state index is -0.624. The molecule has 7 heteroatoms. The van der Waals surface area contributed by atoms with E-state index in [1.54, 1.807) is 25.0 Å². The third-order valence-electron chi connectivity index (χ3n) is 4.72. The zero-order chi connectivity index (χ0) is 22.1. The fourth-order valence-electron chi connectivity index (χ4n) is 2.84. The molecule has 0 aliphatic heterocycles. The van der Waals surface area contributed by atoms with Crippen LogP contribution in [-0.2, 0) is 16.1 Å². The molecule has 0 spiro atoms. The van der Waals surface area contributed by atoms with Crippen LogP contribution in [0.4, 0.5) is 0 Å². The van der Waals surface area contributed by atoms with Crippen LogP contribution in [0, 0.1) is 6.92 Å². The number of hydrogen-bond donors (Lipinski definition) is 1. The van der Waals surface area contributed by atoms with Crippen molar-refractivity contribution in [1.82, 2.24) is 10.2 Å². The first-order valence-electron chi connectivity index (χ1n) is 9.94. The van der Waals surface area contributed by atoms with Crippen molar-refractivity contribution in [2.45, 2.75) is 39.8 Å². The number of halogens is 1. The first-order valence-corrected chi connectivity index (χ1v) is 10.7. The van der Waals surface area contributed by atoms with Gasteiger partial charge in [0.1, 0.15) is 17.5 Å². The van der Waals surface area contributed by atoms with Crippen LogP contribution >= 0.6 is 15.9 Å². The van der Waals surface area contributed by atoms with Gasteiger partial charge in [0.2, 0.25) is 5.91 Å². The molecule has 30 heavy (non-hydrogen) atoms. The second-order valence-electron chi connectivity index (χ2n) is 7.04. The number of rotatable bonds is 10. The highest BCUT2D eigenvalue weighted by atomic mass is 79.9. The van der Waals surface area contributed by atoms with Gasteiger partial charge in [0.25, 0.3) is 5.91 Å². The van der Waals surface area contributed by atoms with Gasteiger partial charge in [-0.2, -0.15) is 0 Å². The summed E-state index contributed by atoms with van der Waals surface area (Å²) in [7, 11) is 1.60. The number of carbonyl (C=O) groups is 2. The van der Waals surface area contributed by atoms with Gasteiger partial charge in [0.05, 0.1) is 7.11 Å². The topological polar surface area (TPSA) is 67.9 Å². The third kappa shape index (κ3) is 6.76. The highest BCUT2D eigenvalue weighted by Gasteiger charge is 2.26. The fourth-order valence-corrected chi connectivity index (χ4v) is 3.09. The van der Waals surface area contributed by atoms with Crippen molar-refractivity contribution in [2.75, 3.05) is 20.3 Å². The summed E-state index contributed by atoms with van der Waals surface area (Å²) in [5, 5.41) is 2.86. The van der Waals surface area contributed by atoms with Crippen molar-refractivity contribution in [3.63, 3.8) is 0 Å². The molecular formula is C23H29BrN2O4. The quantitative estimate of drug-likeness (QED) is 0.560. The summed E-state index contributed by atoms with van der Waals surface area (Å²) in [6, 6.07) is 12.4. The van der Waals surface area contributed by atoms with Gasteiger partial charge >= 0.3 is 0 Å². The van der Waals surface area contributed by atoms with Crippen LogP contribution in [-0.4, -0.2) is 43.0 Å². The van der Waals surface area contributed by atoms with Crippen LogP contribution in [0.25, 0.3) is 0 Å². The molecule has 0 heterocycles. The van der Waals surface area contributed by atoms with Gasteiger partial charge in [0.15, 0.2) is 6.61 Å². The van der Waals surface area contributed by atoms with Crippen molar-refractivity contribution in [3.8, 4) is 11.5 Å². The summed E-state index contributed by atoms with van der Waals surface area (Å²) in [6.45, 7) is 6.39. The first-order chi connectivity index (χ1) is 14.3. The van der Waals surface area contributed by atoms with Gasteiger partial charge in [-0.05, 0) is 61.7 Å². The Bertz CT molecular complexity index is 855. The molecule has 1 atom stereocenters. The number of amides is 2. The summed E-state index contributed by atoms with van der Waals surface area (Å²) in [6.07, 6.45) is 0.830. The summed E-state index contributed by atoms with van der Waals surface area (Å²) >= 11 is 3.45. The lowest BCUT2D eigenvalue weighted by atomic mass is 10.1. The van der Waals surface area contributed by atoms with Gasteiger partial charge in [-0.3, -0.25) is 9.59 Å². The average Bonchev–Trinajstić information content (AvgIpc) is 2.76. The minimum absolute atomic E-state index is 0.150. The van der Waals surface area contributed by atoms with Crippen LogP contribution in [0.1, 0.15) is 31.4 Å². The van der Waals surface area contributed by atoms with Crippen molar-refractivity contribution in [3.05, 3.63) is 58.1 Å². The number of nitrogens with one attached hydrogen (secondary N) is 1. The molecule has 1 N–H and O–H groups in total. The van der Waals surface area contributed by atoms with E-state index in [2.05, 4.69) is 21.2 Å². The molecule has 0 saturated heterocycles. The zero-order valence-electron chi connectivity index (χ0n) is 17.9. The fraction of sp³-hybridized carbons (Fsp3) is 0.391. The second kappa shape index (κ2) is 11.6. The lowest BCUT2D eigenvalue weighted by molar-refractivity contribution is -0.142. The number of methoxy groups -OCH3 is 1. The Morgan fingerprint density at radius 1 is 1.13 bits per heavy atom. The molecule has 0 bridgehead atoms. The van der Waals surface area contributed by atoms with Crippen molar-refractivity contribution < 1.29 is 19.1 Å². The molecule has 2 rings (SSSR count). The molecule has 0 aliphatic rings. The van der Waals surface area contributed by atoms with Gasteiger partial charge < -0.3 is 19.7 Å². The second-order valence-corrected chi connectivity index (χ2v) is 7.89. The van der Waals surface area contributed by atoms with Crippen LogP contribution in [0.2, 0.25) is 0 Å². The SMILES string of the molecule is CCCNC(=O)[C@H](C)N(Cc1ccc(OC)cc1)C(=O)COc1ccc(Br)c(C)c1. The van der Waals surface area contributed by atoms with E-state index in [1.165, 1.54) is 0 Å². The zero-order valence-corrected chi connectivity index (χ0v) is 19.5. The number of hydrogen-bond acceptors (Lipinski definition) is 4. The standard InChI is InChI=1S/C23H29BrN2O4/c1-5-12-25-23(28)17(3)26(14-18-6-8-19(29-4)9-7-18)22(27)15-30-20-10-11-21(24)16(2)13-20/h6-11,13,17H,5,12,14-15H2,1-4H3,(H,25,28)/t17-/m0/s1. The maximum Gasteiger partial charge on any atom is 0.261 e. The molecular weight excluding hydrogens is 448 g/mol. The molecule has 2 aromatic carbocycles. The van der Waals surface area contributed by atoms with Gasteiger partial charge in [0, 0.05) is 17.6 Å². The molecule has 2 amide bonds. The number of carbonyl (C=O) groups excluding carboxylic acids is 2. The number of nitrogens with zero attached hydrogens (tertiary/aromatic N) is 1. The Kier molecular flexibility index (Phi) is 9.17. The van der Waals surface area contributed by atoms with E-state index in [1.807, 2.05) is 50.2 Å². The van der Waals surface area contributed by atoms with Crippen LogP contribution in [0.15, 0.2) is 46.9 Å². The maximum absolute atomic E-state index is 13.0. The Morgan fingerprint density at radius 3 is 2.40 bits per heavy atom. The van der Waals surface area contributed by atoms with E-state index in [9.17, 15) is 9.59 Å². The number of ether oxygens (including phenoxy) is 2. The van der Waals surface area contributed by atoms with Crippen LogP contribution in [0.3, 0.4) is 0 Å². The molecule has 0 radical (unpaired) electrons. The number of benzene rings is 2. The Balaban J connectivity index is 2.13. The molecule has 0 unspecified atom stereocenters. The minimum Gasteiger partial charge on any atom is -0.497 e. The van der Waals surface area contributed by atoms with E-state index >= 15 is 0 Å². The van der Waals surface area contributed by atoms with Crippen molar-refractivity contribution in [1.29, 1.82) is 0 Å². The molecule has 2 aromatic rings. The van der Waals surface area contributed by atoms with E-state index in [0.717, 1.165) is 27.8 Å². The van der Waals surface area contributed by atoms with Crippen LogP contribution < -0.4 is 14.8 Å². The molecule has 0 saturated carbocycles. The lowest BCUT2D eigenvalue weighted by Gasteiger charge is -2.28. The largest absolute Gasteiger partial charge is 0.497 e. The summed E-state index contributed by atoms with van der Waals surface area (Å²) in [5.74, 6) is 0.902. The molecule has 0 aliphatic carbocycles. The highest BCUT2D eigenvalue weighted by molar-refractivity contribution is 9.10. The normalized spacial score (nSPS) is 11.5. The van der Waals surface area contributed by atoms with Crippen molar-refractivity contribution >= 4 is 27.7 Å². The predicted molar refractivity (Wildman–Crippen MR) is 121 cm³/mol. The predicted octanol–water partition coefficient (Wildman–Crippen LogP) is 4.09. The van der Waals surface area contributed by atoms with Gasteiger partial charge in [-0.25, -0.2) is 0 Å². The van der Waals surface area contributed by atoms with Gasteiger partial charge in [-0.15, -0.1) is 0 Å². The van der Waals surface area contributed by atoms with E-state index in [-0.39, 0.29) is 18.4 Å².